The van der Waals surface area contributed by atoms with Gasteiger partial charge in [-0.2, -0.15) is 0 Å². The molecule has 170 valence electrons. The van der Waals surface area contributed by atoms with Crippen molar-refractivity contribution in [3.8, 4) is 11.4 Å². The van der Waals surface area contributed by atoms with Crippen LogP contribution in [-0.2, 0) is 17.9 Å². The van der Waals surface area contributed by atoms with Gasteiger partial charge >= 0.3 is 0 Å². The van der Waals surface area contributed by atoms with E-state index in [1.54, 1.807) is 0 Å². The van der Waals surface area contributed by atoms with Crippen molar-refractivity contribution < 1.29 is 18.4 Å². The number of nitrogens with one attached hydrogen (secondary N) is 1. The zero-order valence-electron chi connectivity index (χ0n) is 18.8. The van der Waals surface area contributed by atoms with Gasteiger partial charge in [-0.05, 0) is 43.6 Å². The van der Waals surface area contributed by atoms with Gasteiger partial charge < -0.3 is 20.5 Å². The van der Waals surface area contributed by atoms with Crippen LogP contribution in [-0.4, -0.2) is 46.4 Å². The molecule has 3 rings (SSSR count). The third kappa shape index (κ3) is 7.13. The summed E-state index contributed by atoms with van der Waals surface area (Å²) < 4.78 is 28.8. The van der Waals surface area contributed by atoms with Crippen molar-refractivity contribution in [1.29, 1.82) is 0 Å². The number of hydrogen-bond acceptors (Lipinski definition) is 4. The smallest absolute Gasteiger partial charge is 0.272 e. The second kappa shape index (κ2) is 10.00. The summed E-state index contributed by atoms with van der Waals surface area (Å²) in [4.78, 5) is 29.8. The van der Waals surface area contributed by atoms with Gasteiger partial charge in [0.2, 0.25) is 5.91 Å². The summed E-state index contributed by atoms with van der Waals surface area (Å²) in [5, 5.41) is 2.43. The van der Waals surface area contributed by atoms with Crippen molar-refractivity contribution in [3.63, 3.8) is 0 Å². The molecule has 1 aliphatic rings. The number of rotatable bonds is 4. The third-order valence-corrected chi connectivity index (χ3v) is 4.23. The third-order valence-electron chi connectivity index (χ3n) is 4.23. The predicted molar refractivity (Wildman–Crippen MR) is 115 cm³/mol. The molecular weight excluding hydrogens is 404 g/mol. The van der Waals surface area contributed by atoms with Gasteiger partial charge in [-0.1, -0.05) is 27.7 Å². The monoisotopic (exact) mass is 435 g/mol. The summed E-state index contributed by atoms with van der Waals surface area (Å²) in [6.07, 6.45) is 0.818. The van der Waals surface area contributed by atoms with Gasteiger partial charge in [0.05, 0.1) is 12.2 Å². The number of aromatic nitrogens is 2. The van der Waals surface area contributed by atoms with E-state index in [0.717, 1.165) is 25.1 Å². The van der Waals surface area contributed by atoms with E-state index in [2.05, 4.69) is 38.0 Å². The van der Waals surface area contributed by atoms with Crippen LogP contribution in [0.25, 0.3) is 11.4 Å². The average Bonchev–Trinajstić information content (AvgIpc) is 2.87. The molecule has 1 aromatic heterocycles. The van der Waals surface area contributed by atoms with Crippen LogP contribution in [0.1, 0.15) is 50.3 Å². The number of amides is 2. The van der Waals surface area contributed by atoms with Gasteiger partial charge in [0, 0.05) is 18.7 Å². The second-order valence-electron chi connectivity index (χ2n) is 9.25. The Bertz CT molecular complexity index is 944. The fourth-order valence-electron chi connectivity index (χ4n) is 3.01. The van der Waals surface area contributed by atoms with Crippen molar-refractivity contribution >= 4 is 11.8 Å². The molecule has 2 amide bonds. The molecule has 1 aliphatic heterocycles. The van der Waals surface area contributed by atoms with Crippen molar-refractivity contribution in [1.82, 2.24) is 19.8 Å². The molecule has 7 nitrogen and oxygen atoms in total. The van der Waals surface area contributed by atoms with E-state index in [9.17, 15) is 18.4 Å². The number of carbonyl (C=O) groups is 2. The van der Waals surface area contributed by atoms with Crippen molar-refractivity contribution in [2.75, 3.05) is 20.1 Å². The molecule has 1 aromatic carbocycles. The summed E-state index contributed by atoms with van der Waals surface area (Å²) in [6.45, 7) is 10.3. The number of carbonyl (C=O) groups excluding carboxylic acids is 2. The molecule has 2 aromatic rings. The zero-order valence-corrected chi connectivity index (χ0v) is 18.8. The highest BCUT2D eigenvalue weighted by Gasteiger charge is 2.26. The van der Waals surface area contributed by atoms with Gasteiger partial charge in [-0.3, -0.25) is 9.59 Å². The lowest BCUT2D eigenvalue weighted by Gasteiger charge is -2.13. The number of halogens is 2. The SMILES string of the molecule is CC(C)(C)C.CN1CCCn2c(-c3ccc(F)c(F)c3)nc(C(=O)NCC(N)=O)c2C1. The molecule has 0 saturated heterocycles. The van der Waals surface area contributed by atoms with Crippen LogP contribution in [0, 0.1) is 17.0 Å². The minimum absolute atomic E-state index is 0.153. The average molecular weight is 436 g/mol. The van der Waals surface area contributed by atoms with Crippen LogP contribution < -0.4 is 11.1 Å². The summed E-state index contributed by atoms with van der Waals surface area (Å²) >= 11 is 0. The zero-order chi connectivity index (χ0) is 23.3. The molecule has 0 saturated carbocycles. The first kappa shape index (κ1) is 24.5. The highest BCUT2D eigenvalue weighted by atomic mass is 19.2. The molecule has 3 N–H and O–H groups in total. The summed E-state index contributed by atoms with van der Waals surface area (Å²) in [5.41, 5.74) is 6.76. The molecule has 0 atom stereocenters. The second-order valence-corrected chi connectivity index (χ2v) is 9.25. The van der Waals surface area contributed by atoms with Crippen LogP contribution >= 0.6 is 0 Å². The van der Waals surface area contributed by atoms with Gasteiger partial charge in [0.1, 0.15) is 5.82 Å². The lowest BCUT2D eigenvalue weighted by Crippen LogP contribution is -2.34. The molecule has 0 fully saturated rings. The largest absolute Gasteiger partial charge is 0.368 e. The Morgan fingerprint density at radius 1 is 1.16 bits per heavy atom. The van der Waals surface area contributed by atoms with Gasteiger partial charge in [0.15, 0.2) is 17.3 Å². The lowest BCUT2D eigenvalue weighted by atomic mass is 10.0. The first-order valence-corrected chi connectivity index (χ1v) is 10.2. The fraction of sp³-hybridized carbons (Fsp3) is 0.500. The Morgan fingerprint density at radius 3 is 2.39 bits per heavy atom. The van der Waals surface area contributed by atoms with Crippen LogP contribution in [0.15, 0.2) is 18.2 Å². The summed E-state index contributed by atoms with van der Waals surface area (Å²) in [5.74, 6) is -2.74. The number of nitrogens with two attached hydrogens (primary N) is 1. The molecule has 2 heterocycles. The minimum atomic E-state index is -0.981. The maximum Gasteiger partial charge on any atom is 0.272 e. The van der Waals surface area contributed by atoms with E-state index < -0.39 is 23.4 Å². The Kier molecular flexibility index (Phi) is 7.89. The van der Waals surface area contributed by atoms with Gasteiger partial charge in [-0.25, -0.2) is 13.8 Å². The van der Waals surface area contributed by atoms with E-state index in [1.807, 2.05) is 16.5 Å². The molecule has 0 unspecified atom stereocenters. The van der Waals surface area contributed by atoms with Crippen molar-refractivity contribution in [2.24, 2.45) is 11.1 Å². The Balaban J connectivity index is 0.000000614. The normalized spacial score (nSPS) is 14.2. The van der Waals surface area contributed by atoms with Gasteiger partial charge in [-0.15, -0.1) is 0 Å². The van der Waals surface area contributed by atoms with E-state index in [4.69, 9.17) is 5.73 Å². The number of imidazole rings is 1. The number of benzene rings is 1. The Labute approximate surface area is 181 Å². The standard InChI is InChI=1S/C17H19F2N5O2.C5H12/c1-23-5-2-6-24-13(9-23)15(17(26)21-8-14(20)25)22-16(24)10-3-4-11(18)12(19)7-10;1-5(2,3)4/h3-4,7H,2,5-6,8-9H2,1H3,(H2,20,25)(H,21,26);1-4H3. The summed E-state index contributed by atoms with van der Waals surface area (Å²) in [6, 6.07) is 3.51. The highest BCUT2D eigenvalue weighted by molar-refractivity contribution is 5.96. The first-order valence-electron chi connectivity index (χ1n) is 10.2. The van der Waals surface area contributed by atoms with Crippen molar-refractivity contribution in [2.45, 2.75) is 47.2 Å². The molecule has 0 spiro atoms. The fourth-order valence-corrected chi connectivity index (χ4v) is 3.01. The first-order chi connectivity index (χ1) is 14.4. The van der Waals surface area contributed by atoms with Crippen LogP contribution in [0.3, 0.4) is 0 Å². The molecular formula is C22H31F2N5O2. The number of nitrogens with zero attached hydrogens (tertiary/aromatic N) is 3. The van der Waals surface area contributed by atoms with E-state index in [0.29, 0.717) is 35.6 Å². The highest BCUT2D eigenvalue weighted by Crippen LogP contribution is 2.27. The molecule has 9 heteroatoms. The number of hydrogen-bond donors (Lipinski definition) is 2. The molecule has 0 aliphatic carbocycles. The van der Waals surface area contributed by atoms with E-state index in [1.165, 1.54) is 6.07 Å². The molecule has 0 radical (unpaired) electrons. The number of primary amides is 1. The Hall–Kier alpha value is -2.81. The van der Waals surface area contributed by atoms with E-state index >= 15 is 0 Å². The minimum Gasteiger partial charge on any atom is -0.368 e. The quantitative estimate of drug-likeness (QED) is 0.772. The number of fused-ring (bicyclic) bond motifs is 1. The van der Waals surface area contributed by atoms with Gasteiger partial charge in [0.25, 0.3) is 5.91 Å². The predicted octanol–water partition coefficient (Wildman–Crippen LogP) is 2.93. The maximum atomic E-state index is 13.7. The molecule has 0 bridgehead atoms. The van der Waals surface area contributed by atoms with Crippen molar-refractivity contribution in [3.05, 3.63) is 41.2 Å². The molecule has 31 heavy (non-hydrogen) atoms. The summed E-state index contributed by atoms with van der Waals surface area (Å²) in [7, 11) is 1.92. The lowest BCUT2D eigenvalue weighted by molar-refractivity contribution is -0.117. The maximum absolute atomic E-state index is 13.7. The topological polar surface area (TPSA) is 93.2 Å². The van der Waals surface area contributed by atoms with Crippen LogP contribution in [0.4, 0.5) is 8.78 Å². The van der Waals surface area contributed by atoms with Crippen LogP contribution in [0.2, 0.25) is 0 Å². The van der Waals surface area contributed by atoms with E-state index in [-0.39, 0.29) is 12.2 Å². The Morgan fingerprint density at radius 2 is 1.81 bits per heavy atom. The van der Waals surface area contributed by atoms with Crippen LogP contribution in [0.5, 0.6) is 0 Å².